The molecule has 1 aromatic carbocycles. The molecule has 6 heteroatoms. The van der Waals surface area contributed by atoms with E-state index in [9.17, 15) is 4.79 Å². The lowest BCUT2D eigenvalue weighted by atomic mass is 9.44. The van der Waals surface area contributed by atoms with Gasteiger partial charge in [-0.2, -0.15) is 0 Å². The number of anilines is 2. The minimum Gasteiger partial charge on any atom is -0.397 e. The highest BCUT2D eigenvalue weighted by molar-refractivity contribution is 6.31. The molecular weight excluding hydrogens is 458 g/mol. The van der Waals surface area contributed by atoms with Crippen molar-refractivity contribution >= 4 is 28.8 Å². The van der Waals surface area contributed by atoms with Gasteiger partial charge in [-0.05, 0) is 110 Å². The number of benzene rings is 1. The van der Waals surface area contributed by atoms with Crippen molar-refractivity contribution in [3.05, 3.63) is 23.2 Å². The number of ketones is 1. The number of hydrazine groups is 1. The fourth-order valence-corrected chi connectivity index (χ4v) is 9.64. The summed E-state index contributed by atoms with van der Waals surface area (Å²) < 4.78 is 5.93. The van der Waals surface area contributed by atoms with Gasteiger partial charge in [-0.3, -0.25) is 4.79 Å². The number of nitrogen functional groups attached to an aromatic ring is 1. The number of nitrogens with two attached hydrogens (primary N) is 2. The van der Waals surface area contributed by atoms with Crippen LogP contribution in [0, 0.1) is 46.3 Å². The van der Waals surface area contributed by atoms with Crippen molar-refractivity contribution in [2.75, 3.05) is 31.0 Å². The van der Waals surface area contributed by atoms with Crippen molar-refractivity contribution in [3.8, 4) is 0 Å². The molecule has 4 fully saturated rings. The van der Waals surface area contributed by atoms with E-state index in [1.54, 1.807) is 18.2 Å². The zero-order valence-electron chi connectivity index (χ0n) is 21.8. The molecule has 0 aromatic heterocycles. The molecule has 5 nitrogen and oxygen atoms in total. The summed E-state index contributed by atoms with van der Waals surface area (Å²) in [5.41, 5.74) is 7.72. The van der Waals surface area contributed by atoms with E-state index < -0.39 is 0 Å². The number of hydrogen-bond donors (Lipinski definition) is 2. The van der Waals surface area contributed by atoms with E-state index in [-0.39, 0.29) is 23.7 Å². The number of carbonyl (C=O) groups excluding carboxylic acids is 1. The van der Waals surface area contributed by atoms with Crippen LogP contribution < -0.4 is 16.6 Å². The van der Waals surface area contributed by atoms with Gasteiger partial charge in [0, 0.05) is 18.1 Å². The maximum atomic E-state index is 13.7. The molecule has 4 N–H and O–H groups in total. The van der Waals surface area contributed by atoms with Crippen molar-refractivity contribution in [1.82, 2.24) is 0 Å². The van der Waals surface area contributed by atoms with E-state index in [1.165, 1.54) is 50.0 Å². The Bertz CT molecular complexity index is 956. The van der Waals surface area contributed by atoms with Crippen LogP contribution in [-0.4, -0.2) is 26.0 Å². The number of hydrogen-bond acceptors (Lipinski definition) is 5. The van der Waals surface area contributed by atoms with Crippen molar-refractivity contribution in [1.29, 1.82) is 0 Å². The first-order valence-electron chi connectivity index (χ1n) is 13.8. The molecule has 1 aromatic rings. The molecule has 35 heavy (non-hydrogen) atoms. The smallest absolute Gasteiger partial charge is 0.157 e. The number of halogens is 1. The molecule has 4 saturated carbocycles. The standard InChI is InChI=1S/C29H44ClN3O2/c1-18-10-13-29(17-35-3)19(14-18)4-6-21-22-7-8-24(28(22,2)12-11-23(21)29)27(34)16-33(32)26-15-20(30)5-9-25(26)31/h5,9,15,18-19,21-24H,4,6-8,10-14,16-17,31-32H2,1-3H3. The van der Waals surface area contributed by atoms with Gasteiger partial charge in [-0.15, -0.1) is 0 Å². The van der Waals surface area contributed by atoms with E-state index in [1.807, 2.05) is 7.11 Å². The monoisotopic (exact) mass is 501 g/mol. The minimum atomic E-state index is 0.0715. The van der Waals surface area contributed by atoms with Gasteiger partial charge in [-0.25, -0.2) is 5.84 Å². The zero-order valence-corrected chi connectivity index (χ0v) is 22.5. The Hall–Kier alpha value is -1.30. The molecule has 0 radical (unpaired) electrons. The second kappa shape index (κ2) is 9.54. The first kappa shape index (κ1) is 25.4. The van der Waals surface area contributed by atoms with Gasteiger partial charge in [0.05, 0.1) is 24.5 Å². The number of Topliss-reactive ketones (excluding diaryl/α,β-unsaturated/α-hetero) is 1. The molecule has 4 aliphatic rings. The number of nitrogens with zero attached hydrogens (tertiary/aromatic N) is 1. The Morgan fingerprint density at radius 1 is 1.14 bits per heavy atom. The van der Waals surface area contributed by atoms with Crippen LogP contribution in [-0.2, 0) is 9.53 Å². The second-order valence-electron chi connectivity index (χ2n) is 12.7. The van der Waals surface area contributed by atoms with Crippen molar-refractivity contribution in [2.45, 2.75) is 71.6 Å². The Balaban J connectivity index is 1.34. The van der Waals surface area contributed by atoms with Gasteiger partial charge < -0.3 is 15.5 Å². The molecule has 194 valence electrons. The predicted octanol–water partition coefficient (Wildman–Crippen LogP) is 6.09. The van der Waals surface area contributed by atoms with E-state index >= 15 is 0 Å². The van der Waals surface area contributed by atoms with Gasteiger partial charge in [0.25, 0.3) is 0 Å². The molecule has 0 heterocycles. The summed E-state index contributed by atoms with van der Waals surface area (Å²) in [6.07, 6.45) is 11.2. The molecule has 0 bridgehead atoms. The van der Waals surface area contributed by atoms with Crippen LogP contribution in [0.4, 0.5) is 11.4 Å². The highest BCUT2D eigenvalue weighted by Gasteiger charge is 2.62. The Kier molecular flexibility index (Phi) is 6.91. The summed E-state index contributed by atoms with van der Waals surface area (Å²) in [5, 5.41) is 2.06. The van der Waals surface area contributed by atoms with E-state index in [4.69, 9.17) is 27.9 Å². The summed E-state index contributed by atoms with van der Waals surface area (Å²) in [6.45, 7) is 5.95. The molecule has 0 saturated heterocycles. The van der Waals surface area contributed by atoms with E-state index in [2.05, 4.69) is 13.8 Å². The molecule has 0 amide bonds. The fraction of sp³-hybridized carbons (Fsp3) is 0.759. The van der Waals surface area contributed by atoms with Gasteiger partial charge in [0.1, 0.15) is 0 Å². The summed E-state index contributed by atoms with van der Waals surface area (Å²) in [6, 6.07) is 5.23. The van der Waals surface area contributed by atoms with Crippen LogP contribution in [0.3, 0.4) is 0 Å². The molecule has 4 aliphatic carbocycles. The summed E-state index contributed by atoms with van der Waals surface area (Å²) in [7, 11) is 1.90. The first-order chi connectivity index (χ1) is 16.7. The maximum absolute atomic E-state index is 13.7. The molecule has 0 aliphatic heterocycles. The summed E-state index contributed by atoms with van der Waals surface area (Å²) in [5.74, 6) is 10.4. The SMILES string of the molecule is COCC12CCC(C)CC1CCC1C3CCC(C(=O)CN(N)c4cc(Cl)ccc4N)C3(C)CCC12. The lowest BCUT2D eigenvalue weighted by Gasteiger charge is -2.62. The van der Waals surface area contributed by atoms with Crippen molar-refractivity contribution < 1.29 is 9.53 Å². The number of fused-ring (bicyclic) bond motifs is 5. The maximum Gasteiger partial charge on any atom is 0.157 e. The van der Waals surface area contributed by atoms with Crippen LogP contribution in [0.15, 0.2) is 18.2 Å². The van der Waals surface area contributed by atoms with Gasteiger partial charge in [-0.1, -0.05) is 31.9 Å². The predicted molar refractivity (Wildman–Crippen MR) is 143 cm³/mol. The molecule has 8 atom stereocenters. The van der Waals surface area contributed by atoms with Crippen molar-refractivity contribution in [3.63, 3.8) is 0 Å². The fourth-order valence-electron chi connectivity index (χ4n) is 9.47. The first-order valence-corrected chi connectivity index (χ1v) is 14.2. The number of rotatable bonds is 6. The topological polar surface area (TPSA) is 81.6 Å². The third kappa shape index (κ3) is 4.20. The Morgan fingerprint density at radius 2 is 1.94 bits per heavy atom. The summed E-state index contributed by atoms with van der Waals surface area (Å²) in [4.78, 5) is 13.7. The van der Waals surface area contributed by atoms with Crippen LogP contribution in [0.2, 0.25) is 5.02 Å². The highest BCUT2D eigenvalue weighted by Crippen LogP contribution is 2.68. The third-order valence-corrected chi connectivity index (χ3v) is 11.3. The number of carbonyl (C=O) groups is 1. The Labute approximate surface area is 216 Å². The molecular formula is C29H44ClN3O2. The van der Waals surface area contributed by atoms with Crippen LogP contribution in [0.5, 0.6) is 0 Å². The van der Waals surface area contributed by atoms with Crippen LogP contribution in [0.1, 0.15) is 71.6 Å². The summed E-state index contributed by atoms with van der Waals surface area (Å²) >= 11 is 6.16. The lowest BCUT2D eigenvalue weighted by Crippen LogP contribution is -2.56. The Morgan fingerprint density at radius 3 is 2.71 bits per heavy atom. The second-order valence-corrected chi connectivity index (χ2v) is 13.1. The van der Waals surface area contributed by atoms with Crippen LogP contribution in [0.25, 0.3) is 0 Å². The normalized spacial score (nSPS) is 40.5. The molecule has 5 rings (SSSR count). The lowest BCUT2D eigenvalue weighted by molar-refractivity contribution is -0.154. The van der Waals surface area contributed by atoms with Crippen LogP contribution >= 0.6 is 11.6 Å². The van der Waals surface area contributed by atoms with Crippen molar-refractivity contribution in [2.24, 2.45) is 52.2 Å². The largest absolute Gasteiger partial charge is 0.397 e. The quantitative estimate of drug-likeness (QED) is 0.280. The minimum absolute atomic E-state index is 0.0715. The number of methoxy groups -OCH3 is 1. The van der Waals surface area contributed by atoms with E-state index in [0.29, 0.717) is 27.7 Å². The average Bonchev–Trinajstić information content (AvgIpc) is 3.18. The van der Waals surface area contributed by atoms with E-state index in [0.717, 1.165) is 43.1 Å². The third-order valence-electron chi connectivity index (χ3n) is 11.1. The highest BCUT2D eigenvalue weighted by atomic mass is 35.5. The zero-order chi connectivity index (χ0) is 25.0. The molecule has 8 unspecified atom stereocenters. The molecule has 0 spiro atoms. The number of ether oxygens (including phenoxy) is 1. The van der Waals surface area contributed by atoms with Gasteiger partial charge >= 0.3 is 0 Å². The average molecular weight is 502 g/mol. The van der Waals surface area contributed by atoms with Gasteiger partial charge in [0.15, 0.2) is 5.78 Å². The van der Waals surface area contributed by atoms with Gasteiger partial charge in [0.2, 0.25) is 0 Å².